The van der Waals surface area contributed by atoms with Gasteiger partial charge in [0, 0.05) is 17.2 Å². The first kappa shape index (κ1) is 15.4. The number of hydrogen-bond donors (Lipinski definition) is 0. The maximum atomic E-state index is 12.0. The van der Waals surface area contributed by atoms with Gasteiger partial charge in [0.25, 0.3) is 0 Å². The highest BCUT2D eigenvalue weighted by Gasteiger charge is 2.20. The summed E-state index contributed by atoms with van der Waals surface area (Å²) in [5, 5.41) is 3.50. The minimum Gasteiger partial charge on any atom is -0.462 e. The number of rotatable bonds is 5. The van der Waals surface area contributed by atoms with Crippen LogP contribution in [0.25, 0.3) is 10.4 Å². The standard InChI is InChI=1S/C15H19N3O3/c1-11(12-5-7-13(8-6-12)17-18-16)15(19)21-10-14-4-2-3-9-20-14/h5-8,11,14H,2-4,9-10H2,1H3. The van der Waals surface area contributed by atoms with E-state index in [2.05, 4.69) is 10.0 Å². The Morgan fingerprint density at radius 2 is 2.24 bits per heavy atom. The summed E-state index contributed by atoms with van der Waals surface area (Å²) in [7, 11) is 0. The summed E-state index contributed by atoms with van der Waals surface area (Å²) in [5.74, 6) is -0.616. The summed E-state index contributed by atoms with van der Waals surface area (Å²) >= 11 is 0. The van der Waals surface area contributed by atoms with E-state index in [-0.39, 0.29) is 18.0 Å². The van der Waals surface area contributed by atoms with E-state index in [0.29, 0.717) is 12.3 Å². The summed E-state index contributed by atoms with van der Waals surface area (Å²) < 4.78 is 10.9. The van der Waals surface area contributed by atoms with Crippen molar-refractivity contribution in [3.63, 3.8) is 0 Å². The van der Waals surface area contributed by atoms with Crippen LogP contribution in [0.3, 0.4) is 0 Å². The first-order valence-electron chi connectivity index (χ1n) is 7.14. The molecule has 2 unspecified atom stereocenters. The number of esters is 1. The Morgan fingerprint density at radius 3 is 2.86 bits per heavy atom. The highest BCUT2D eigenvalue weighted by Crippen LogP contribution is 2.21. The third-order valence-electron chi connectivity index (χ3n) is 3.59. The highest BCUT2D eigenvalue weighted by molar-refractivity contribution is 5.77. The van der Waals surface area contributed by atoms with E-state index in [1.165, 1.54) is 0 Å². The first-order chi connectivity index (χ1) is 10.2. The third kappa shape index (κ3) is 4.48. The number of carbonyl (C=O) groups excluding carboxylic acids is 1. The Morgan fingerprint density at radius 1 is 1.48 bits per heavy atom. The molecule has 1 heterocycles. The van der Waals surface area contributed by atoms with Gasteiger partial charge in [-0.25, -0.2) is 0 Å². The molecule has 2 atom stereocenters. The van der Waals surface area contributed by atoms with Crippen LogP contribution in [-0.2, 0) is 14.3 Å². The van der Waals surface area contributed by atoms with Crippen LogP contribution in [0, 0.1) is 0 Å². The maximum Gasteiger partial charge on any atom is 0.313 e. The molecule has 0 saturated carbocycles. The summed E-state index contributed by atoms with van der Waals surface area (Å²) in [6.07, 6.45) is 3.18. The number of benzene rings is 1. The van der Waals surface area contributed by atoms with E-state index in [1.54, 1.807) is 31.2 Å². The van der Waals surface area contributed by atoms with Crippen molar-refractivity contribution in [2.24, 2.45) is 5.11 Å². The number of carbonyl (C=O) groups is 1. The molecule has 0 aromatic heterocycles. The van der Waals surface area contributed by atoms with Gasteiger partial charge in [-0.2, -0.15) is 0 Å². The van der Waals surface area contributed by atoms with Crippen molar-refractivity contribution in [2.75, 3.05) is 13.2 Å². The first-order valence-corrected chi connectivity index (χ1v) is 7.14. The zero-order valence-electron chi connectivity index (χ0n) is 12.1. The van der Waals surface area contributed by atoms with E-state index in [4.69, 9.17) is 15.0 Å². The average molecular weight is 289 g/mol. The van der Waals surface area contributed by atoms with Crippen molar-refractivity contribution in [1.29, 1.82) is 0 Å². The molecule has 1 fully saturated rings. The number of hydrogen-bond acceptors (Lipinski definition) is 4. The highest BCUT2D eigenvalue weighted by atomic mass is 16.6. The van der Waals surface area contributed by atoms with Gasteiger partial charge >= 0.3 is 5.97 Å². The van der Waals surface area contributed by atoms with E-state index < -0.39 is 0 Å². The second kappa shape index (κ2) is 7.67. The Bertz CT molecular complexity index is 517. The number of ether oxygens (including phenoxy) is 2. The van der Waals surface area contributed by atoms with E-state index >= 15 is 0 Å². The van der Waals surface area contributed by atoms with Crippen LogP contribution < -0.4 is 0 Å². The van der Waals surface area contributed by atoms with Crippen LogP contribution >= 0.6 is 0 Å². The molecule has 6 heteroatoms. The minimum atomic E-state index is -0.353. The monoisotopic (exact) mass is 289 g/mol. The van der Waals surface area contributed by atoms with Gasteiger partial charge in [0.2, 0.25) is 0 Å². The fourth-order valence-electron chi connectivity index (χ4n) is 2.26. The lowest BCUT2D eigenvalue weighted by atomic mass is 10.0. The number of azide groups is 1. The molecule has 1 aliphatic rings. The molecule has 6 nitrogen and oxygen atoms in total. The normalized spacial score (nSPS) is 19.4. The summed E-state index contributed by atoms with van der Waals surface area (Å²) in [5.41, 5.74) is 9.71. The Kier molecular flexibility index (Phi) is 5.60. The molecule has 0 N–H and O–H groups in total. The molecule has 21 heavy (non-hydrogen) atoms. The van der Waals surface area contributed by atoms with Gasteiger partial charge in [0.05, 0.1) is 12.0 Å². The molecular formula is C15H19N3O3. The maximum absolute atomic E-state index is 12.0. The topological polar surface area (TPSA) is 84.3 Å². The molecule has 1 saturated heterocycles. The molecule has 0 bridgehead atoms. The number of nitrogens with zero attached hydrogens (tertiary/aromatic N) is 3. The van der Waals surface area contributed by atoms with Crippen LogP contribution in [0.5, 0.6) is 0 Å². The smallest absolute Gasteiger partial charge is 0.313 e. The zero-order chi connectivity index (χ0) is 15.1. The largest absolute Gasteiger partial charge is 0.462 e. The van der Waals surface area contributed by atoms with Crippen LogP contribution in [0.4, 0.5) is 5.69 Å². The molecule has 0 spiro atoms. The lowest BCUT2D eigenvalue weighted by Crippen LogP contribution is -2.27. The molecule has 1 aliphatic heterocycles. The molecule has 112 valence electrons. The molecule has 0 aliphatic carbocycles. The molecule has 1 aromatic rings. The molecule has 0 amide bonds. The summed E-state index contributed by atoms with van der Waals surface area (Å²) in [6.45, 7) is 2.87. The van der Waals surface area contributed by atoms with Gasteiger partial charge in [0.1, 0.15) is 6.61 Å². The Hall–Kier alpha value is -2.04. The molecule has 2 rings (SSSR count). The second-order valence-corrected chi connectivity index (χ2v) is 5.12. The molecular weight excluding hydrogens is 270 g/mol. The van der Waals surface area contributed by atoms with E-state index in [0.717, 1.165) is 31.4 Å². The van der Waals surface area contributed by atoms with Crippen molar-refractivity contribution < 1.29 is 14.3 Å². The summed E-state index contributed by atoms with van der Waals surface area (Å²) in [4.78, 5) is 14.8. The van der Waals surface area contributed by atoms with Gasteiger partial charge in [-0.1, -0.05) is 29.4 Å². The quantitative estimate of drug-likeness (QED) is 0.357. The minimum absolute atomic E-state index is 0.0299. The lowest BCUT2D eigenvalue weighted by molar-refractivity contribution is -0.150. The molecule has 1 aromatic carbocycles. The van der Waals surface area contributed by atoms with Crippen molar-refractivity contribution >= 4 is 11.7 Å². The van der Waals surface area contributed by atoms with Crippen LogP contribution in [-0.4, -0.2) is 25.3 Å². The van der Waals surface area contributed by atoms with Crippen molar-refractivity contribution in [1.82, 2.24) is 0 Å². The van der Waals surface area contributed by atoms with Gasteiger partial charge in [-0.3, -0.25) is 4.79 Å². The van der Waals surface area contributed by atoms with Crippen LogP contribution in [0.15, 0.2) is 29.4 Å². The van der Waals surface area contributed by atoms with Crippen molar-refractivity contribution in [2.45, 2.75) is 38.2 Å². The predicted octanol–water partition coefficient (Wildman–Crippen LogP) is 3.84. The average Bonchev–Trinajstić information content (AvgIpc) is 2.54. The Balaban J connectivity index is 1.87. The second-order valence-electron chi connectivity index (χ2n) is 5.12. The summed E-state index contributed by atoms with van der Waals surface area (Å²) in [6, 6.07) is 6.91. The van der Waals surface area contributed by atoms with Gasteiger partial charge in [-0.05, 0) is 37.3 Å². The predicted molar refractivity (Wildman–Crippen MR) is 78.2 cm³/mol. The fraction of sp³-hybridized carbons (Fsp3) is 0.533. The SMILES string of the molecule is CC(C(=O)OCC1CCCCO1)c1ccc(N=[N+]=[N-])cc1. The van der Waals surface area contributed by atoms with Crippen LogP contribution in [0.1, 0.15) is 37.7 Å². The van der Waals surface area contributed by atoms with Crippen molar-refractivity contribution in [3.8, 4) is 0 Å². The lowest BCUT2D eigenvalue weighted by Gasteiger charge is -2.23. The third-order valence-corrected chi connectivity index (χ3v) is 3.59. The fourth-order valence-corrected chi connectivity index (χ4v) is 2.26. The van der Waals surface area contributed by atoms with Crippen molar-refractivity contribution in [3.05, 3.63) is 40.3 Å². The zero-order valence-corrected chi connectivity index (χ0v) is 12.1. The molecule has 0 radical (unpaired) electrons. The van der Waals surface area contributed by atoms with E-state index in [1.807, 2.05) is 0 Å². The van der Waals surface area contributed by atoms with Gasteiger partial charge in [-0.15, -0.1) is 0 Å². The van der Waals surface area contributed by atoms with Gasteiger partial charge < -0.3 is 9.47 Å². The van der Waals surface area contributed by atoms with Gasteiger partial charge in [0.15, 0.2) is 0 Å². The Labute approximate surface area is 123 Å². The van der Waals surface area contributed by atoms with Crippen LogP contribution in [0.2, 0.25) is 0 Å². The van der Waals surface area contributed by atoms with E-state index in [9.17, 15) is 4.79 Å².